The number of aromatic amines is 1. The first kappa shape index (κ1) is 22.6. The summed E-state index contributed by atoms with van der Waals surface area (Å²) in [5.41, 5.74) is 4.19. The highest BCUT2D eigenvalue weighted by Gasteiger charge is 2.28. The molecule has 176 valence electrons. The molecule has 1 aromatic heterocycles. The number of hydrogen-bond donors (Lipinski definition) is 2. The fourth-order valence-corrected chi connectivity index (χ4v) is 4.46. The molecule has 2 N–H and O–H groups in total. The van der Waals surface area contributed by atoms with Crippen LogP contribution in [-0.4, -0.2) is 21.7 Å². The molecule has 5 rings (SSSR count). The monoisotopic (exact) mass is 475 g/mol. The Morgan fingerprint density at radius 3 is 2.29 bits per heavy atom. The number of fused-ring (bicyclic) bond motifs is 1. The number of halogens is 3. The van der Waals surface area contributed by atoms with Crippen molar-refractivity contribution in [3.63, 3.8) is 0 Å². The Balaban J connectivity index is 1.42. The fourth-order valence-electron chi connectivity index (χ4n) is 4.46. The molecule has 5 nitrogen and oxygen atoms in total. The van der Waals surface area contributed by atoms with Crippen LogP contribution in [0.3, 0.4) is 0 Å². The van der Waals surface area contributed by atoms with E-state index < -0.39 is 17.5 Å². The average Bonchev–Trinajstić information content (AvgIpc) is 3.39. The third-order valence-corrected chi connectivity index (χ3v) is 5.97. The Hall–Kier alpha value is -4.20. The van der Waals surface area contributed by atoms with E-state index in [1.807, 2.05) is 6.92 Å². The standard InChI is InChI=1S/C27H20F3N3O2/c1-14-12-31-26(33-14)22-5-4-20(23-13-32-27(35)25(22)23)21-3-2-15(10-24(21)30)8-19(34)9-16-6-17(28)11-18(29)7-16/h2-7,10-12H,8-9,13H2,1H3,(H,31,33)(H,32,35). The second-order valence-corrected chi connectivity index (χ2v) is 8.60. The third-order valence-electron chi connectivity index (χ3n) is 5.97. The summed E-state index contributed by atoms with van der Waals surface area (Å²) >= 11 is 0. The number of imidazole rings is 1. The summed E-state index contributed by atoms with van der Waals surface area (Å²) in [5.74, 6) is -2.02. The maximum atomic E-state index is 15.2. The molecule has 0 radical (unpaired) electrons. The maximum absolute atomic E-state index is 15.2. The van der Waals surface area contributed by atoms with E-state index in [0.29, 0.717) is 39.2 Å². The van der Waals surface area contributed by atoms with Gasteiger partial charge in [0.1, 0.15) is 29.1 Å². The zero-order valence-electron chi connectivity index (χ0n) is 18.7. The minimum absolute atomic E-state index is 0.0791. The number of rotatable bonds is 6. The van der Waals surface area contributed by atoms with E-state index in [2.05, 4.69) is 15.3 Å². The molecule has 8 heteroatoms. The number of ketones is 1. The molecule has 0 fully saturated rings. The van der Waals surface area contributed by atoms with E-state index in [9.17, 15) is 18.4 Å². The molecule has 0 saturated carbocycles. The number of amides is 1. The van der Waals surface area contributed by atoms with Gasteiger partial charge in [-0.25, -0.2) is 18.2 Å². The van der Waals surface area contributed by atoms with Crippen LogP contribution in [0.15, 0.2) is 54.7 Å². The number of nitrogens with zero attached hydrogens (tertiary/aromatic N) is 1. The first-order valence-electron chi connectivity index (χ1n) is 11.0. The highest BCUT2D eigenvalue weighted by atomic mass is 19.1. The smallest absolute Gasteiger partial charge is 0.252 e. The van der Waals surface area contributed by atoms with Crippen molar-refractivity contribution in [3.05, 3.63) is 100 Å². The molecule has 0 spiro atoms. The zero-order chi connectivity index (χ0) is 24.7. The SMILES string of the molecule is Cc1cnc(-c2ccc(-c3ccc(CC(=O)Cc4cc(F)cc(F)c4)cc3F)c3c2C(=O)NC3)[nH]1. The minimum Gasteiger partial charge on any atom is -0.348 e. The van der Waals surface area contributed by atoms with E-state index in [1.54, 1.807) is 30.5 Å². The Kier molecular flexibility index (Phi) is 5.72. The van der Waals surface area contributed by atoms with Gasteiger partial charge in [-0.3, -0.25) is 9.59 Å². The zero-order valence-corrected chi connectivity index (χ0v) is 18.7. The summed E-state index contributed by atoms with van der Waals surface area (Å²) in [4.78, 5) is 32.4. The normalized spacial score (nSPS) is 12.5. The molecular formula is C27H20F3N3O2. The Labute approximate surface area is 199 Å². The van der Waals surface area contributed by atoms with Gasteiger partial charge < -0.3 is 10.3 Å². The molecule has 1 aliphatic heterocycles. The molecule has 1 amide bonds. The number of aromatic nitrogens is 2. The Morgan fingerprint density at radius 1 is 0.914 bits per heavy atom. The molecule has 0 aliphatic carbocycles. The minimum atomic E-state index is -0.753. The van der Waals surface area contributed by atoms with Gasteiger partial charge in [-0.1, -0.05) is 18.2 Å². The van der Waals surface area contributed by atoms with Gasteiger partial charge in [0.15, 0.2) is 0 Å². The van der Waals surface area contributed by atoms with Crippen LogP contribution < -0.4 is 5.32 Å². The van der Waals surface area contributed by atoms with Crippen molar-refractivity contribution in [2.45, 2.75) is 26.3 Å². The van der Waals surface area contributed by atoms with Crippen molar-refractivity contribution in [2.24, 2.45) is 0 Å². The van der Waals surface area contributed by atoms with Crippen LogP contribution in [0, 0.1) is 24.4 Å². The van der Waals surface area contributed by atoms with Gasteiger partial charge in [-0.2, -0.15) is 0 Å². The van der Waals surface area contributed by atoms with Crippen LogP contribution in [-0.2, 0) is 24.2 Å². The average molecular weight is 475 g/mol. The second-order valence-electron chi connectivity index (χ2n) is 8.60. The van der Waals surface area contributed by atoms with E-state index in [1.165, 1.54) is 6.07 Å². The number of carbonyl (C=O) groups is 2. The maximum Gasteiger partial charge on any atom is 0.252 e. The molecule has 0 unspecified atom stereocenters. The summed E-state index contributed by atoms with van der Waals surface area (Å²) in [6, 6.07) is 10.9. The summed E-state index contributed by atoms with van der Waals surface area (Å²) < 4.78 is 41.9. The largest absolute Gasteiger partial charge is 0.348 e. The number of carbonyl (C=O) groups excluding carboxylic acids is 2. The number of benzene rings is 3. The first-order chi connectivity index (χ1) is 16.8. The highest BCUT2D eigenvalue weighted by molar-refractivity contribution is 6.06. The van der Waals surface area contributed by atoms with Gasteiger partial charge in [0.2, 0.25) is 0 Å². The molecule has 3 aromatic carbocycles. The summed E-state index contributed by atoms with van der Waals surface area (Å²) in [7, 11) is 0. The van der Waals surface area contributed by atoms with Crippen LogP contribution in [0.5, 0.6) is 0 Å². The lowest BCUT2D eigenvalue weighted by molar-refractivity contribution is -0.117. The van der Waals surface area contributed by atoms with Gasteiger partial charge in [0.25, 0.3) is 5.91 Å². The number of nitrogens with one attached hydrogen (secondary N) is 2. The summed E-state index contributed by atoms with van der Waals surface area (Å²) in [6.45, 7) is 2.13. The predicted molar refractivity (Wildman–Crippen MR) is 124 cm³/mol. The van der Waals surface area contributed by atoms with E-state index in [4.69, 9.17) is 0 Å². The van der Waals surface area contributed by atoms with Crippen LogP contribution in [0.2, 0.25) is 0 Å². The summed E-state index contributed by atoms with van der Waals surface area (Å²) in [5, 5.41) is 2.80. The lowest BCUT2D eigenvalue weighted by Gasteiger charge is -2.12. The Bertz CT molecular complexity index is 1470. The van der Waals surface area contributed by atoms with Gasteiger partial charge in [-0.05, 0) is 53.4 Å². The molecule has 1 aliphatic rings. The van der Waals surface area contributed by atoms with Gasteiger partial charge in [-0.15, -0.1) is 0 Å². The number of Topliss-reactive ketones (excluding diaryl/α,β-unsaturated/α-hetero) is 1. The van der Waals surface area contributed by atoms with Gasteiger partial charge >= 0.3 is 0 Å². The second kappa shape index (κ2) is 8.87. The topological polar surface area (TPSA) is 74.8 Å². The van der Waals surface area contributed by atoms with Crippen LogP contribution in [0.1, 0.15) is 32.7 Å². The van der Waals surface area contributed by atoms with E-state index >= 15 is 4.39 Å². The molecule has 0 saturated heterocycles. The van der Waals surface area contributed by atoms with Crippen molar-refractivity contribution in [3.8, 4) is 22.5 Å². The van der Waals surface area contributed by atoms with Crippen LogP contribution in [0.25, 0.3) is 22.5 Å². The van der Waals surface area contributed by atoms with E-state index in [0.717, 1.165) is 23.9 Å². The molecular weight excluding hydrogens is 455 g/mol. The number of H-pyrrole nitrogens is 1. The van der Waals surface area contributed by atoms with Crippen molar-refractivity contribution >= 4 is 11.7 Å². The predicted octanol–water partition coefficient (Wildman–Crippen LogP) is 5.07. The Morgan fingerprint density at radius 2 is 1.60 bits per heavy atom. The summed E-state index contributed by atoms with van der Waals surface area (Å²) in [6.07, 6.45) is 1.43. The van der Waals surface area contributed by atoms with Gasteiger partial charge in [0.05, 0.1) is 5.56 Å². The van der Waals surface area contributed by atoms with Crippen LogP contribution in [0.4, 0.5) is 13.2 Å². The molecule has 0 bridgehead atoms. The van der Waals surface area contributed by atoms with Crippen molar-refractivity contribution in [1.29, 1.82) is 0 Å². The lowest BCUT2D eigenvalue weighted by atomic mass is 9.92. The number of hydrogen-bond acceptors (Lipinski definition) is 3. The molecule has 2 heterocycles. The molecule has 0 atom stereocenters. The van der Waals surface area contributed by atoms with Gasteiger partial charge in [0, 0.05) is 48.5 Å². The van der Waals surface area contributed by atoms with Crippen LogP contribution >= 0.6 is 0 Å². The first-order valence-corrected chi connectivity index (χ1v) is 11.0. The molecule has 4 aromatic rings. The fraction of sp³-hybridized carbons (Fsp3) is 0.148. The molecule has 35 heavy (non-hydrogen) atoms. The lowest BCUT2D eigenvalue weighted by Crippen LogP contribution is -2.13. The number of aryl methyl sites for hydroxylation is 1. The van der Waals surface area contributed by atoms with Crippen molar-refractivity contribution in [2.75, 3.05) is 0 Å². The van der Waals surface area contributed by atoms with Crippen molar-refractivity contribution < 1.29 is 22.8 Å². The van der Waals surface area contributed by atoms with Crippen molar-refractivity contribution in [1.82, 2.24) is 15.3 Å². The quantitative estimate of drug-likeness (QED) is 0.409. The van der Waals surface area contributed by atoms with E-state index in [-0.39, 0.29) is 36.6 Å². The third kappa shape index (κ3) is 4.47. The highest BCUT2D eigenvalue weighted by Crippen LogP contribution is 2.36.